The molecule has 0 fully saturated rings. The van der Waals surface area contributed by atoms with E-state index in [0.717, 1.165) is 29.4 Å². The molecule has 0 bridgehead atoms. The molecule has 2 aromatic carbocycles. The second kappa shape index (κ2) is 8.57. The van der Waals surface area contributed by atoms with Crippen molar-refractivity contribution in [1.82, 2.24) is 5.32 Å². The minimum Gasteiger partial charge on any atom is -0.348 e. The van der Waals surface area contributed by atoms with E-state index in [0.29, 0.717) is 5.69 Å². The molecule has 1 amide bonds. The number of nitrogens with one attached hydrogen (secondary N) is 1. The predicted molar refractivity (Wildman–Crippen MR) is 110 cm³/mol. The Kier molecular flexibility index (Phi) is 6.65. The highest BCUT2D eigenvalue weighted by molar-refractivity contribution is 7.92. The molecule has 6 heteroatoms. The highest BCUT2D eigenvalue weighted by Crippen LogP contribution is 2.22. The van der Waals surface area contributed by atoms with Gasteiger partial charge < -0.3 is 5.32 Å². The van der Waals surface area contributed by atoms with Gasteiger partial charge in [-0.1, -0.05) is 48.9 Å². The summed E-state index contributed by atoms with van der Waals surface area (Å²) in [6, 6.07) is 14.1. The monoisotopic (exact) mass is 388 g/mol. The van der Waals surface area contributed by atoms with Crippen molar-refractivity contribution in [3.8, 4) is 0 Å². The first kappa shape index (κ1) is 21.0. The normalized spacial score (nSPS) is 13.7. The number of benzene rings is 2. The van der Waals surface area contributed by atoms with Crippen LogP contribution in [-0.2, 0) is 21.2 Å². The molecule has 0 spiro atoms. The molecule has 2 aromatic rings. The summed E-state index contributed by atoms with van der Waals surface area (Å²) in [6.07, 6.45) is 1.98. The number of rotatable bonds is 7. The maximum atomic E-state index is 12.8. The Morgan fingerprint density at radius 3 is 2.07 bits per heavy atom. The van der Waals surface area contributed by atoms with Crippen LogP contribution < -0.4 is 9.62 Å². The van der Waals surface area contributed by atoms with Gasteiger partial charge in [0.1, 0.15) is 6.04 Å². The molecular weight excluding hydrogens is 360 g/mol. The maximum Gasteiger partial charge on any atom is 0.244 e. The number of sulfonamides is 1. The lowest BCUT2D eigenvalue weighted by Crippen LogP contribution is -2.48. The average Bonchev–Trinajstić information content (AvgIpc) is 2.61. The Hall–Kier alpha value is -2.34. The molecule has 0 unspecified atom stereocenters. The summed E-state index contributed by atoms with van der Waals surface area (Å²) in [4.78, 5) is 12.8. The molecule has 2 atom stereocenters. The van der Waals surface area contributed by atoms with Crippen LogP contribution in [0.4, 0.5) is 5.69 Å². The molecule has 0 saturated heterocycles. The van der Waals surface area contributed by atoms with Gasteiger partial charge in [0, 0.05) is 0 Å². The molecule has 5 nitrogen and oxygen atoms in total. The number of hydrogen-bond donors (Lipinski definition) is 1. The van der Waals surface area contributed by atoms with Crippen LogP contribution in [0.2, 0.25) is 0 Å². The van der Waals surface area contributed by atoms with Gasteiger partial charge in [0.15, 0.2) is 0 Å². The molecule has 0 aliphatic rings. The lowest BCUT2D eigenvalue weighted by atomic mass is 10.1. The van der Waals surface area contributed by atoms with E-state index >= 15 is 0 Å². The zero-order valence-corrected chi connectivity index (χ0v) is 17.4. The van der Waals surface area contributed by atoms with Crippen molar-refractivity contribution in [2.24, 2.45) is 0 Å². The van der Waals surface area contributed by atoms with Crippen LogP contribution in [0.25, 0.3) is 0 Å². The summed E-state index contributed by atoms with van der Waals surface area (Å²) in [5, 5.41) is 2.92. The van der Waals surface area contributed by atoms with Gasteiger partial charge in [-0.25, -0.2) is 8.42 Å². The molecule has 0 radical (unpaired) electrons. The second-order valence-corrected chi connectivity index (χ2v) is 8.76. The van der Waals surface area contributed by atoms with E-state index in [1.807, 2.05) is 57.2 Å². The van der Waals surface area contributed by atoms with Crippen molar-refractivity contribution < 1.29 is 13.2 Å². The van der Waals surface area contributed by atoms with Crippen molar-refractivity contribution in [2.75, 3.05) is 10.6 Å². The van der Waals surface area contributed by atoms with Gasteiger partial charge in [-0.05, 0) is 50.5 Å². The van der Waals surface area contributed by atoms with Gasteiger partial charge >= 0.3 is 0 Å². The lowest BCUT2D eigenvalue weighted by Gasteiger charge is -2.29. The first-order valence-electron chi connectivity index (χ1n) is 9.08. The van der Waals surface area contributed by atoms with E-state index in [1.54, 1.807) is 19.1 Å². The van der Waals surface area contributed by atoms with Gasteiger partial charge in [-0.3, -0.25) is 9.10 Å². The summed E-state index contributed by atoms with van der Waals surface area (Å²) < 4.78 is 25.9. The molecule has 1 N–H and O–H groups in total. The Bertz CT molecular complexity index is 875. The predicted octanol–water partition coefficient (Wildman–Crippen LogP) is 3.59. The summed E-state index contributed by atoms with van der Waals surface area (Å²) in [5.41, 5.74) is 3.71. The molecule has 27 heavy (non-hydrogen) atoms. The van der Waals surface area contributed by atoms with Crippen molar-refractivity contribution >= 4 is 21.6 Å². The molecular formula is C21H28N2O3S. The lowest BCUT2D eigenvalue weighted by molar-refractivity contribution is -0.122. The highest BCUT2D eigenvalue weighted by Gasteiger charge is 2.29. The summed E-state index contributed by atoms with van der Waals surface area (Å²) in [5.74, 6) is -0.340. The minimum absolute atomic E-state index is 0.218. The van der Waals surface area contributed by atoms with E-state index in [2.05, 4.69) is 5.32 Å². The van der Waals surface area contributed by atoms with Crippen LogP contribution in [0.3, 0.4) is 0 Å². The van der Waals surface area contributed by atoms with Gasteiger partial charge in [0.2, 0.25) is 15.9 Å². The quantitative estimate of drug-likeness (QED) is 0.788. The molecule has 0 aromatic heterocycles. The largest absolute Gasteiger partial charge is 0.348 e. The Morgan fingerprint density at radius 1 is 1.04 bits per heavy atom. The van der Waals surface area contributed by atoms with Crippen LogP contribution in [0, 0.1) is 6.92 Å². The van der Waals surface area contributed by atoms with E-state index in [9.17, 15) is 13.2 Å². The Balaban J connectivity index is 2.22. The third-order valence-electron chi connectivity index (χ3n) is 4.62. The molecule has 0 heterocycles. The zero-order chi connectivity index (χ0) is 20.2. The summed E-state index contributed by atoms with van der Waals surface area (Å²) >= 11 is 0. The fourth-order valence-electron chi connectivity index (χ4n) is 2.96. The fourth-order valence-corrected chi connectivity index (χ4v) is 4.13. The third kappa shape index (κ3) is 5.32. The van der Waals surface area contributed by atoms with Crippen LogP contribution in [0.5, 0.6) is 0 Å². The number of anilines is 1. The second-order valence-electron chi connectivity index (χ2n) is 6.90. The number of aryl methyl sites for hydroxylation is 2. The van der Waals surface area contributed by atoms with Gasteiger partial charge in [-0.2, -0.15) is 0 Å². The summed E-state index contributed by atoms with van der Waals surface area (Å²) in [6.45, 7) is 7.52. The van der Waals surface area contributed by atoms with Crippen molar-refractivity contribution in [2.45, 2.75) is 46.2 Å². The Labute approximate surface area is 162 Å². The van der Waals surface area contributed by atoms with Gasteiger partial charge in [0.25, 0.3) is 0 Å². The molecule has 0 saturated carbocycles. The Morgan fingerprint density at radius 2 is 1.59 bits per heavy atom. The van der Waals surface area contributed by atoms with Crippen molar-refractivity contribution in [3.63, 3.8) is 0 Å². The van der Waals surface area contributed by atoms with E-state index in [4.69, 9.17) is 0 Å². The van der Waals surface area contributed by atoms with E-state index in [-0.39, 0.29) is 11.9 Å². The third-order valence-corrected chi connectivity index (χ3v) is 5.87. The van der Waals surface area contributed by atoms with Crippen LogP contribution in [0.15, 0.2) is 48.5 Å². The highest BCUT2D eigenvalue weighted by atomic mass is 32.2. The maximum absolute atomic E-state index is 12.8. The molecule has 2 rings (SSSR count). The van der Waals surface area contributed by atoms with Crippen LogP contribution in [0.1, 0.15) is 43.5 Å². The van der Waals surface area contributed by atoms with Crippen molar-refractivity contribution in [3.05, 3.63) is 65.2 Å². The van der Waals surface area contributed by atoms with E-state index < -0.39 is 16.1 Å². The first-order valence-corrected chi connectivity index (χ1v) is 10.9. The van der Waals surface area contributed by atoms with Gasteiger partial charge in [-0.15, -0.1) is 0 Å². The number of nitrogens with zero attached hydrogens (tertiary/aromatic N) is 1. The van der Waals surface area contributed by atoms with Crippen LogP contribution in [-0.4, -0.2) is 26.6 Å². The topological polar surface area (TPSA) is 66.5 Å². The molecule has 146 valence electrons. The minimum atomic E-state index is -3.62. The zero-order valence-electron chi connectivity index (χ0n) is 16.6. The van der Waals surface area contributed by atoms with Crippen LogP contribution >= 0.6 is 0 Å². The molecule has 0 aliphatic heterocycles. The summed E-state index contributed by atoms with van der Waals surface area (Å²) in [7, 11) is -3.62. The average molecular weight is 389 g/mol. The van der Waals surface area contributed by atoms with Crippen molar-refractivity contribution in [1.29, 1.82) is 0 Å². The number of hydrogen-bond acceptors (Lipinski definition) is 3. The van der Waals surface area contributed by atoms with E-state index in [1.165, 1.54) is 4.31 Å². The number of carbonyl (C=O) groups excluding carboxylic acids is 1. The smallest absolute Gasteiger partial charge is 0.244 e. The first-order chi connectivity index (χ1) is 12.6. The fraction of sp³-hybridized carbons (Fsp3) is 0.381. The SMILES string of the molecule is CCc1ccc(N([C@H](C)C(=O)N[C@@H](C)c2ccc(C)cc2)S(C)(=O)=O)cc1. The standard InChI is InChI=1S/C21H28N2O3S/c1-6-18-9-13-20(14-10-18)23(27(5,25)26)17(4)21(24)22-16(3)19-11-7-15(2)8-12-19/h7-14,16-17H,6H2,1-5H3,(H,22,24)/t16-,17+/m0/s1. The van der Waals surface area contributed by atoms with Gasteiger partial charge in [0.05, 0.1) is 18.0 Å². The molecule has 0 aliphatic carbocycles. The number of carbonyl (C=O) groups is 1. The number of amides is 1.